The zero-order valence-electron chi connectivity index (χ0n) is 47.4. The first kappa shape index (κ1) is 79.2. The molecule has 0 spiro atoms. The Balaban J connectivity index is 5.28. The number of ketones is 3. The Labute approximate surface area is 491 Å². The summed E-state index contributed by atoms with van der Waals surface area (Å²) in [6.07, 6.45) is -11.0. The molecule has 0 aliphatic rings. The highest BCUT2D eigenvalue weighted by atomic mass is 33.1. The van der Waals surface area contributed by atoms with Crippen molar-refractivity contribution in [2.75, 3.05) is 58.1 Å². The van der Waals surface area contributed by atoms with E-state index in [0.717, 1.165) is 39.2 Å². The van der Waals surface area contributed by atoms with Crippen molar-refractivity contribution in [2.24, 2.45) is 5.92 Å². The minimum absolute atomic E-state index is 0.0480. The molecule has 0 saturated heterocycles. The lowest BCUT2D eigenvalue weighted by molar-refractivity contribution is -0.144. The normalized spacial score (nSPS) is 16.3. The fourth-order valence-electron chi connectivity index (χ4n) is 7.69. The minimum Gasteiger partial charge on any atom is -0.481 e. The third kappa shape index (κ3) is 38.1. The monoisotopic (exact) mass is 1250 g/mol. The second kappa shape index (κ2) is 46.5. The van der Waals surface area contributed by atoms with E-state index in [4.69, 9.17) is 14.7 Å². The van der Waals surface area contributed by atoms with Crippen molar-refractivity contribution in [2.45, 2.75) is 203 Å². The molecule has 0 aromatic heterocycles. The Hall–Kier alpha value is -3.76. The van der Waals surface area contributed by atoms with E-state index in [0.29, 0.717) is 63.0 Å². The molecule has 32 heteroatoms. The number of hydrogen-bond acceptors (Lipinski definition) is 24. The fourth-order valence-corrected chi connectivity index (χ4v) is 10.3. The number of phosphoric acid groups is 1. The molecule has 0 heterocycles. The van der Waals surface area contributed by atoms with E-state index in [2.05, 4.69) is 31.1 Å². The Morgan fingerprint density at radius 2 is 0.976 bits per heavy atom. The molecular formula is C51H92N5O24PS2. The molecule has 0 bridgehead atoms. The van der Waals surface area contributed by atoms with Crippen molar-refractivity contribution < 1.29 is 118 Å². The summed E-state index contributed by atoms with van der Waals surface area (Å²) in [5.41, 5.74) is 0. The van der Waals surface area contributed by atoms with Gasteiger partial charge in [-0.25, -0.2) is 4.57 Å². The summed E-state index contributed by atoms with van der Waals surface area (Å²) in [7, 11) is -0.0106. The van der Waals surface area contributed by atoms with Crippen LogP contribution in [-0.4, -0.2) is 233 Å². The predicted octanol–water partition coefficient (Wildman–Crippen LogP) is -2.06. The first-order valence-electron chi connectivity index (χ1n) is 27.9. The maximum absolute atomic E-state index is 13.5. The molecule has 29 nitrogen and oxygen atoms in total. The number of aliphatic hydroxyl groups excluding tert-OH is 10. The second-order valence-electron chi connectivity index (χ2n) is 19.8. The van der Waals surface area contributed by atoms with Gasteiger partial charge >= 0.3 is 13.8 Å². The second-order valence-corrected chi connectivity index (χ2v) is 24.0. The number of amides is 5. The van der Waals surface area contributed by atoms with E-state index in [1.54, 1.807) is 0 Å². The first-order valence-corrected chi connectivity index (χ1v) is 31.8. The summed E-state index contributed by atoms with van der Waals surface area (Å²) in [6.45, 7) is -0.991. The van der Waals surface area contributed by atoms with Crippen molar-refractivity contribution in [3.05, 3.63) is 0 Å². The van der Waals surface area contributed by atoms with Crippen LogP contribution in [0.4, 0.5) is 0 Å². The Morgan fingerprint density at radius 3 is 1.51 bits per heavy atom. The molecule has 0 aliphatic heterocycles. The topological polar surface area (TPSA) is 492 Å². The van der Waals surface area contributed by atoms with Gasteiger partial charge in [-0.3, -0.25) is 52.2 Å². The number of aliphatic hydroxyl groups is 10. The van der Waals surface area contributed by atoms with Crippen LogP contribution in [0.15, 0.2) is 0 Å². The van der Waals surface area contributed by atoms with Crippen molar-refractivity contribution in [3.63, 3.8) is 0 Å². The standard InChI is InChI=1S/C51H92N5O24PS2/c1-3-42(66)55-35(18-21-45(69)54-29-39(63)48(72)50(74)41(65)31-58)37(61)27-32(51(75)76)16-19-46(70)56-34(17-20-44(68)53-28-38(62)47(71)49(73)40(64)30-57)36(60)14-12-25-82-83-26-22-33(59)13-8-4-5-9-15-43(67)52-23-10-6-7-11-24-80-81(77,78)79-2/h32,34-35,38-41,47-50,57-58,62-65,71-74H,3-31H2,1-2H3,(H,52,67)(H,53,68)(H,54,69)(H,55,66)(H,56,70)(H,75,76)(H,77,78)/t32-,34+,35+,38+,39+,40-,41-,47-,48-,49-,50-/m1/s1. The first-order chi connectivity index (χ1) is 39.2. The van der Waals surface area contributed by atoms with Gasteiger partial charge < -0.3 is 87.6 Å². The number of hydrogen-bond donors (Lipinski definition) is 17. The van der Waals surface area contributed by atoms with Crippen LogP contribution >= 0.6 is 29.4 Å². The van der Waals surface area contributed by atoms with Crippen LogP contribution in [0, 0.1) is 5.92 Å². The molecule has 0 aromatic carbocycles. The average Bonchev–Trinajstić information content (AvgIpc) is 3.47. The number of nitrogens with one attached hydrogen (secondary N) is 5. The third-order valence-corrected chi connectivity index (χ3v) is 16.4. The molecule has 1 unspecified atom stereocenters. The maximum atomic E-state index is 13.5. The van der Waals surface area contributed by atoms with Gasteiger partial charge in [0, 0.05) is 96.0 Å². The van der Waals surface area contributed by atoms with Gasteiger partial charge in [0.25, 0.3) is 0 Å². The largest absolute Gasteiger partial charge is 0.481 e. The lowest BCUT2D eigenvalue weighted by Crippen LogP contribution is -2.49. The van der Waals surface area contributed by atoms with Crippen molar-refractivity contribution >= 4 is 82.3 Å². The molecule has 0 rings (SSSR count). The van der Waals surface area contributed by atoms with Crippen LogP contribution in [0.2, 0.25) is 0 Å². The molecular weight excluding hydrogens is 1160 g/mol. The molecule has 0 fully saturated rings. The molecule has 12 atom stereocenters. The molecule has 17 N–H and O–H groups in total. The van der Waals surface area contributed by atoms with Gasteiger partial charge in [-0.2, -0.15) is 0 Å². The van der Waals surface area contributed by atoms with Crippen LogP contribution < -0.4 is 26.6 Å². The molecule has 0 radical (unpaired) electrons. The Bertz CT molecular complexity index is 1980. The molecule has 482 valence electrons. The fraction of sp³-hybridized carbons (Fsp3) is 0.824. The summed E-state index contributed by atoms with van der Waals surface area (Å²) >= 11 is 0. The van der Waals surface area contributed by atoms with E-state index >= 15 is 0 Å². The number of unbranched alkanes of at least 4 members (excludes halogenated alkanes) is 6. The van der Waals surface area contributed by atoms with E-state index in [-0.39, 0.29) is 44.0 Å². The average molecular weight is 1250 g/mol. The zero-order valence-corrected chi connectivity index (χ0v) is 49.9. The van der Waals surface area contributed by atoms with Gasteiger partial charge in [0.1, 0.15) is 42.4 Å². The van der Waals surface area contributed by atoms with E-state index < -0.39 is 174 Å². The SMILES string of the molecule is CCC(=O)N[C@@H](CCC(=O)NC[C@H](O)[C@@H](O)[C@H](O)[C@H](O)CO)C(=O)C[C@@H](CCC(=O)N[C@@H](CCC(=O)NC[C@H](O)[C@@H](O)[C@H](O)[C@H](O)CO)C(=O)CCCSSCCC(=O)CCCCCCC(=O)NCCCCCCOP(=O)(O)OC)C(=O)O. The number of aliphatic carboxylic acids is 1. The molecule has 0 aromatic rings. The van der Waals surface area contributed by atoms with Crippen molar-refractivity contribution in [1.29, 1.82) is 0 Å². The number of carboxylic acid groups (broad SMARTS) is 1. The minimum atomic E-state index is -3.96. The summed E-state index contributed by atoms with van der Waals surface area (Å²) < 4.78 is 20.4. The number of Topliss-reactive ketones (excluding diaryl/α,β-unsaturated/α-hetero) is 3. The lowest BCUT2D eigenvalue weighted by atomic mass is 9.92. The predicted molar refractivity (Wildman–Crippen MR) is 302 cm³/mol. The summed E-state index contributed by atoms with van der Waals surface area (Å²) in [5.74, 6) is -6.23. The zero-order chi connectivity index (χ0) is 62.9. The van der Waals surface area contributed by atoms with Gasteiger partial charge in [0.2, 0.25) is 29.5 Å². The molecule has 5 amide bonds. The van der Waals surface area contributed by atoms with E-state index in [1.165, 1.54) is 28.5 Å². The van der Waals surface area contributed by atoms with Crippen molar-refractivity contribution in [1.82, 2.24) is 26.6 Å². The smallest absolute Gasteiger partial charge is 0.471 e. The summed E-state index contributed by atoms with van der Waals surface area (Å²) in [4.78, 5) is 124. The molecule has 0 saturated carbocycles. The number of phosphoric ester groups is 1. The van der Waals surface area contributed by atoms with Gasteiger partial charge in [0.15, 0.2) is 11.6 Å². The van der Waals surface area contributed by atoms with Gasteiger partial charge in [0.05, 0.1) is 50.0 Å². The third-order valence-electron chi connectivity index (χ3n) is 13.0. The number of carbonyl (C=O) groups is 9. The number of rotatable bonds is 53. The number of carboxylic acids is 1. The quantitative estimate of drug-likeness (QED) is 0.0177. The molecule has 0 aliphatic carbocycles. The van der Waals surface area contributed by atoms with Crippen LogP contribution in [0.25, 0.3) is 0 Å². The van der Waals surface area contributed by atoms with Gasteiger partial charge in [-0.1, -0.05) is 54.2 Å². The van der Waals surface area contributed by atoms with Crippen molar-refractivity contribution in [3.8, 4) is 0 Å². The highest BCUT2D eigenvalue weighted by Gasteiger charge is 2.33. The van der Waals surface area contributed by atoms with Gasteiger partial charge in [-0.05, 0) is 51.4 Å². The van der Waals surface area contributed by atoms with Crippen LogP contribution in [-0.2, 0) is 56.8 Å². The Kier molecular flexibility index (Phi) is 44.4. The Morgan fingerprint density at radius 1 is 0.506 bits per heavy atom. The lowest BCUT2D eigenvalue weighted by Gasteiger charge is -2.25. The van der Waals surface area contributed by atoms with Crippen LogP contribution in [0.1, 0.15) is 142 Å². The highest BCUT2D eigenvalue weighted by molar-refractivity contribution is 8.76. The molecule has 83 heavy (non-hydrogen) atoms. The van der Waals surface area contributed by atoms with Gasteiger partial charge in [-0.15, -0.1) is 0 Å². The maximum Gasteiger partial charge on any atom is 0.471 e. The van der Waals surface area contributed by atoms with Crippen LogP contribution in [0.3, 0.4) is 0 Å². The van der Waals surface area contributed by atoms with Crippen LogP contribution in [0.5, 0.6) is 0 Å². The highest BCUT2D eigenvalue weighted by Crippen LogP contribution is 2.42. The number of carbonyl (C=O) groups excluding carboxylic acids is 8. The summed E-state index contributed by atoms with van der Waals surface area (Å²) in [5, 5.41) is 120. The summed E-state index contributed by atoms with van der Waals surface area (Å²) in [6, 6.07) is -2.65. The van der Waals surface area contributed by atoms with E-state index in [1.807, 2.05) is 0 Å². The van der Waals surface area contributed by atoms with E-state index in [9.17, 15) is 98.6 Å².